The molecule has 1 fully saturated rings. The van der Waals surface area contributed by atoms with E-state index in [-0.39, 0.29) is 0 Å². The van der Waals surface area contributed by atoms with Gasteiger partial charge in [-0.05, 0) is 24.6 Å². The normalized spacial score (nSPS) is 22.1. The van der Waals surface area contributed by atoms with Crippen LogP contribution < -0.4 is 5.32 Å². The summed E-state index contributed by atoms with van der Waals surface area (Å²) in [6.45, 7) is 3.39. The summed E-state index contributed by atoms with van der Waals surface area (Å²) in [6.07, 6.45) is 1.08. The van der Waals surface area contributed by atoms with Gasteiger partial charge in [0.2, 0.25) is 0 Å². The fraction of sp³-hybridized carbons (Fsp3) is 0.429. The zero-order valence-corrected chi connectivity index (χ0v) is 10.2. The fourth-order valence-electron chi connectivity index (χ4n) is 2.64. The lowest BCUT2D eigenvalue weighted by atomic mass is 10.1. The van der Waals surface area contributed by atoms with Gasteiger partial charge in [-0.15, -0.1) is 0 Å². The molecule has 2 aromatic rings. The van der Waals surface area contributed by atoms with Crippen molar-refractivity contribution in [1.82, 2.24) is 15.2 Å². The first kappa shape index (κ1) is 10.8. The summed E-state index contributed by atoms with van der Waals surface area (Å²) in [4.78, 5) is 5.89. The maximum absolute atomic E-state index is 3.58. The topological polar surface area (TPSA) is 31.1 Å². The van der Waals surface area contributed by atoms with Crippen LogP contribution in [0.2, 0.25) is 0 Å². The van der Waals surface area contributed by atoms with Gasteiger partial charge in [0, 0.05) is 43.3 Å². The van der Waals surface area contributed by atoms with E-state index in [4.69, 9.17) is 0 Å². The number of aromatic amines is 1. The van der Waals surface area contributed by atoms with Crippen molar-refractivity contribution < 1.29 is 0 Å². The Hall–Kier alpha value is -1.32. The summed E-state index contributed by atoms with van der Waals surface area (Å²) in [7, 11) is 2.19. The molecular formula is C14H19N3. The molecule has 2 heterocycles. The van der Waals surface area contributed by atoms with Crippen LogP contribution in [0.5, 0.6) is 0 Å². The minimum atomic E-state index is 0.571. The predicted octanol–water partition coefficient (Wildman–Crippen LogP) is 1.61. The van der Waals surface area contributed by atoms with Crippen LogP contribution in [-0.2, 0) is 6.42 Å². The number of hydrogen-bond donors (Lipinski definition) is 2. The molecule has 2 N–H and O–H groups in total. The highest BCUT2D eigenvalue weighted by atomic mass is 15.2. The third-order valence-electron chi connectivity index (χ3n) is 3.51. The molecular weight excluding hydrogens is 210 g/mol. The van der Waals surface area contributed by atoms with Crippen molar-refractivity contribution in [2.24, 2.45) is 0 Å². The summed E-state index contributed by atoms with van der Waals surface area (Å²) < 4.78 is 0. The minimum absolute atomic E-state index is 0.571. The van der Waals surface area contributed by atoms with E-state index in [0.717, 1.165) is 26.1 Å². The van der Waals surface area contributed by atoms with Crippen LogP contribution in [0.15, 0.2) is 30.3 Å². The van der Waals surface area contributed by atoms with Crippen molar-refractivity contribution >= 4 is 10.9 Å². The SMILES string of the molecule is CN1CCNC(Cc2cc3ccccc3[nH]2)C1. The molecule has 1 saturated heterocycles. The van der Waals surface area contributed by atoms with Crippen molar-refractivity contribution in [3.8, 4) is 0 Å². The number of benzene rings is 1. The molecule has 0 radical (unpaired) electrons. The molecule has 3 rings (SSSR count). The molecule has 0 spiro atoms. The van der Waals surface area contributed by atoms with E-state index in [1.54, 1.807) is 0 Å². The Morgan fingerprint density at radius 3 is 3.06 bits per heavy atom. The van der Waals surface area contributed by atoms with Crippen molar-refractivity contribution in [3.05, 3.63) is 36.0 Å². The number of likely N-dealkylation sites (N-methyl/N-ethyl adjacent to an activating group) is 1. The molecule has 90 valence electrons. The van der Waals surface area contributed by atoms with Gasteiger partial charge in [0.15, 0.2) is 0 Å². The van der Waals surface area contributed by atoms with Crippen molar-refractivity contribution in [1.29, 1.82) is 0 Å². The van der Waals surface area contributed by atoms with Gasteiger partial charge in [0.25, 0.3) is 0 Å². The first-order valence-corrected chi connectivity index (χ1v) is 6.30. The van der Waals surface area contributed by atoms with Crippen LogP contribution in [0, 0.1) is 0 Å². The van der Waals surface area contributed by atoms with Crippen molar-refractivity contribution in [2.45, 2.75) is 12.5 Å². The zero-order chi connectivity index (χ0) is 11.7. The lowest BCUT2D eigenvalue weighted by molar-refractivity contribution is 0.237. The van der Waals surface area contributed by atoms with Crippen LogP contribution in [0.4, 0.5) is 0 Å². The molecule has 1 atom stereocenters. The van der Waals surface area contributed by atoms with Gasteiger partial charge >= 0.3 is 0 Å². The maximum Gasteiger partial charge on any atom is 0.0456 e. The van der Waals surface area contributed by atoms with E-state index < -0.39 is 0 Å². The van der Waals surface area contributed by atoms with Crippen LogP contribution in [-0.4, -0.2) is 42.6 Å². The molecule has 0 bridgehead atoms. The van der Waals surface area contributed by atoms with Gasteiger partial charge < -0.3 is 15.2 Å². The van der Waals surface area contributed by atoms with Crippen LogP contribution in [0.1, 0.15) is 5.69 Å². The Bertz CT molecular complexity index is 470. The van der Waals surface area contributed by atoms with E-state index in [1.165, 1.54) is 16.6 Å². The molecule has 3 nitrogen and oxygen atoms in total. The third-order valence-corrected chi connectivity index (χ3v) is 3.51. The van der Waals surface area contributed by atoms with Crippen LogP contribution >= 0.6 is 0 Å². The number of fused-ring (bicyclic) bond motifs is 1. The Morgan fingerprint density at radius 1 is 1.35 bits per heavy atom. The number of H-pyrrole nitrogens is 1. The molecule has 1 aliphatic heterocycles. The van der Waals surface area contributed by atoms with E-state index in [2.05, 4.69) is 52.6 Å². The Kier molecular flexibility index (Phi) is 2.87. The smallest absolute Gasteiger partial charge is 0.0456 e. The highest BCUT2D eigenvalue weighted by Crippen LogP contribution is 2.16. The molecule has 1 aromatic heterocycles. The average molecular weight is 229 g/mol. The summed E-state index contributed by atoms with van der Waals surface area (Å²) in [5.74, 6) is 0. The Labute approximate surface area is 102 Å². The second-order valence-corrected chi connectivity index (χ2v) is 5.00. The first-order chi connectivity index (χ1) is 8.31. The summed E-state index contributed by atoms with van der Waals surface area (Å²) in [5.41, 5.74) is 2.57. The lowest BCUT2D eigenvalue weighted by Crippen LogP contribution is -2.49. The van der Waals surface area contributed by atoms with E-state index in [1.807, 2.05) is 0 Å². The number of hydrogen-bond acceptors (Lipinski definition) is 2. The van der Waals surface area contributed by atoms with Gasteiger partial charge in [-0.25, -0.2) is 0 Å². The second kappa shape index (κ2) is 4.51. The third kappa shape index (κ3) is 2.35. The largest absolute Gasteiger partial charge is 0.358 e. The van der Waals surface area contributed by atoms with Crippen LogP contribution in [0.3, 0.4) is 0 Å². The second-order valence-electron chi connectivity index (χ2n) is 5.00. The van der Waals surface area contributed by atoms with Gasteiger partial charge in [-0.2, -0.15) is 0 Å². The molecule has 1 aliphatic rings. The molecule has 0 aliphatic carbocycles. The minimum Gasteiger partial charge on any atom is -0.358 e. The zero-order valence-electron chi connectivity index (χ0n) is 10.2. The number of nitrogens with one attached hydrogen (secondary N) is 2. The van der Waals surface area contributed by atoms with Gasteiger partial charge in [0.1, 0.15) is 0 Å². The van der Waals surface area contributed by atoms with Crippen LogP contribution in [0.25, 0.3) is 10.9 Å². The van der Waals surface area contributed by atoms with Crippen molar-refractivity contribution in [3.63, 3.8) is 0 Å². The quantitative estimate of drug-likeness (QED) is 0.820. The number of piperazine rings is 1. The first-order valence-electron chi connectivity index (χ1n) is 6.30. The highest BCUT2D eigenvalue weighted by Gasteiger charge is 2.17. The summed E-state index contributed by atoms with van der Waals surface area (Å²) >= 11 is 0. The number of rotatable bonds is 2. The molecule has 0 saturated carbocycles. The number of nitrogens with zero attached hydrogens (tertiary/aromatic N) is 1. The Balaban J connectivity index is 1.75. The van der Waals surface area contributed by atoms with Crippen molar-refractivity contribution in [2.75, 3.05) is 26.7 Å². The summed E-state index contributed by atoms with van der Waals surface area (Å²) in [6, 6.07) is 11.3. The Morgan fingerprint density at radius 2 is 2.24 bits per heavy atom. The molecule has 1 aromatic carbocycles. The monoisotopic (exact) mass is 229 g/mol. The summed E-state index contributed by atoms with van der Waals surface area (Å²) in [5, 5.41) is 4.89. The van der Waals surface area contributed by atoms with E-state index >= 15 is 0 Å². The molecule has 3 heteroatoms. The van der Waals surface area contributed by atoms with Gasteiger partial charge in [0.05, 0.1) is 0 Å². The van der Waals surface area contributed by atoms with E-state index in [9.17, 15) is 0 Å². The van der Waals surface area contributed by atoms with Gasteiger partial charge in [-0.1, -0.05) is 18.2 Å². The number of para-hydroxylation sites is 1. The maximum atomic E-state index is 3.58. The fourth-order valence-corrected chi connectivity index (χ4v) is 2.64. The average Bonchev–Trinajstić information content (AvgIpc) is 2.71. The standard InChI is InChI=1S/C14H19N3/c1-17-7-6-15-13(10-17)9-12-8-11-4-2-3-5-14(11)16-12/h2-5,8,13,15-16H,6-7,9-10H2,1H3. The number of aromatic nitrogens is 1. The van der Waals surface area contributed by atoms with Gasteiger partial charge in [-0.3, -0.25) is 0 Å². The molecule has 0 amide bonds. The lowest BCUT2D eigenvalue weighted by Gasteiger charge is -2.30. The molecule has 1 unspecified atom stereocenters. The predicted molar refractivity (Wildman–Crippen MR) is 71.3 cm³/mol. The highest BCUT2D eigenvalue weighted by molar-refractivity contribution is 5.80. The molecule has 17 heavy (non-hydrogen) atoms. The van der Waals surface area contributed by atoms with E-state index in [0.29, 0.717) is 6.04 Å².